The van der Waals surface area contributed by atoms with Crippen molar-refractivity contribution >= 4 is 28.4 Å². The fraction of sp³-hybridized carbons (Fsp3) is 0.250. The fourth-order valence-corrected chi connectivity index (χ4v) is 4.08. The first kappa shape index (κ1) is 24.5. The van der Waals surface area contributed by atoms with Crippen LogP contribution in [0.3, 0.4) is 0 Å². The number of rotatable bonds is 8. The number of aromatic nitrogens is 2. The van der Waals surface area contributed by atoms with Gasteiger partial charge in [-0.15, -0.1) is 0 Å². The molecule has 0 aliphatic heterocycles. The Morgan fingerprint density at radius 2 is 1.77 bits per heavy atom. The van der Waals surface area contributed by atoms with Crippen LogP contribution in [-0.2, 0) is 17.9 Å². The molecule has 0 unspecified atom stereocenters. The number of fused-ring (bicyclic) bond motifs is 1. The monoisotopic (exact) mass is 489 g/mol. The van der Waals surface area contributed by atoms with Crippen molar-refractivity contribution in [2.75, 3.05) is 6.61 Å². The zero-order chi connectivity index (χ0) is 24.9. The minimum absolute atomic E-state index is 0.147. The molecule has 35 heavy (non-hydrogen) atoms. The van der Waals surface area contributed by atoms with Crippen LogP contribution >= 0.6 is 11.6 Å². The zero-order valence-corrected chi connectivity index (χ0v) is 20.8. The molecule has 4 rings (SSSR count). The number of aromatic amines is 1. The number of amides is 1. The van der Waals surface area contributed by atoms with Gasteiger partial charge in [0.2, 0.25) is 0 Å². The molecule has 0 fully saturated rings. The summed E-state index contributed by atoms with van der Waals surface area (Å²) in [6.45, 7) is 6.37. The minimum Gasteiger partial charge on any atom is -0.483 e. The first-order chi connectivity index (χ1) is 16.8. The van der Waals surface area contributed by atoms with Crippen molar-refractivity contribution in [3.63, 3.8) is 0 Å². The number of benzene rings is 3. The summed E-state index contributed by atoms with van der Waals surface area (Å²) in [5, 5.41) is 1.18. The topological polar surface area (TPSA) is 75.3 Å². The van der Waals surface area contributed by atoms with E-state index in [0.717, 1.165) is 16.7 Å². The lowest BCUT2D eigenvalue weighted by molar-refractivity contribution is -0.134. The molecule has 1 aromatic heterocycles. The van der Waals surface area contributed by atoms with E-state index in [4.69, 9.17) is 16.3 Å². The van der Waals surface area contributed by atoms with Gasteiger partial charge >= 0.3 is 0 Å². The number of nitrogens with zero attached hydrogens (tertiary/aromatic N) is 2. The van der Waals surface area contributed by atoms with Gasteiger partial charge in [-0.25, -0.2) is 4.98 Å². The number of carbonyl (C=O) groups is 1. The van der Waals surface area contributed by atoms with E-state index in [0.29, 0.717) is 34.0 Å². The molecule has 0 atom stereocenters. The third-order valence-corrected chi connectivity index (χ3v) is 6.24. The van der Waals surface area contributed by atoms with Gasteiger partial charge in [0.15, 0.2) is 6.61 Å². The average Bonchev–Trinajstić information content (AvgIpc) is 2.84. The molecular weight excluding hydrogens is 462 g/mol. The SMILES string of the molecule is Cc1cc(OCC(=O)N(Cc2ccccc2)Cc2nc3ccccc3c(=O)[nH]2)c(C(C)C)cc1Cl. The molecule has 3 aromatic carbocycles. The lowest BCUT2D eigenvalue weighted by Crippen LogP contribution is -2.35. The number of ether oxygens (including phenoxy) is 1. The highest BCUT2D eigenvalue weighted by molar-refractivity contribution is 6.31. The Hall–Kier alpha value is -3.64. The molecule has 0 radical (unpaired) electrons. The van der Waals surface area contributed by atoms with Gasteiger partial charge in [-0.2, -0.15) is 0 Å². The lowest BCUT2D eigenvalue weighted by atomic mass is 10.0. The highest BCUT2D eigenvalue weighted by Crippen LogP contribution is 2.32. The molecule has 180 valence electrons. The first-order valence-electron chi connectivity index (χ1n) is 11.5. The number of H-pyrrole nitrogens is 1. The smallest absolute Gasteiger partial charge is 0.261 e. The standard InChI is InChI=1S/C28H28ClN3O3/c1-18(2)22-14-23(29)19(3)13-25(22)35-17-27(33)32(15-20-9-5-4-6-10-20)16-26-30-24-12-8-7-11-21(24)28(34)31-26/h4-14,18H,15-17H2,1-3H3,(H,30,31,34). The van der Waals surface area contributed by atoms with Crippen LogP contribution in [0.25, 0.3) is 10.9 Å². The second-order valence-electron chi connectivity index (χ2n) is 8.85. The normalized spacial score (nSPS) is 11.1. The van der Waals surface area contributed by atoms with Crippen LogP contribution in [0.1, 0.15) is 42.3 Å². The number of halogens is 1. The quantitative estimate of drug-likeness (QED) is 0.348. The molecule has 1 amide bonds. The van der Waals surface area contributed by atoms with Crippen molar-refractivity contribution in [2.24, 2.45) is 0 Å². The Morgan fingerprint density at radius 3 is 2.51 bits per heavy atom. The second-order valence-corrected chi connectivity index (χ2v) is 9.25. The van der Waals surface area contributed by atoms with Crippen LogP contribution in [0.4, 0.5) is 0 Å². The fourth-order valence-electron chi connectivity index (χ4n) is 3.90. The van der Waals surface area contributed by atoms with E-state index in [1.807, 2.05) is 55.5 Å². The largest absolute Gasteiger partial charge is 0.483 e. The van der Waals surface area contributed by atoms with E-state index in [9.17, 15) is 9.59 Å². The van der Waals surface area contributed by atoms with Gasteiger partial charge in [0.25, 0.3) is 11.5 Å². The Morgan fingerprint density at radius 1 is 1.06 bits per heavy atom. The van der Waals surface area contributed by atoms with Crippen LogP contribution in [-0.4, -0.2) is 27.4 Å². The molecule has 0 aliphatic carbocycles. The summed E-state index contributed by atoms with van der Waals surface area (Å²) < 4.78 is 6.00. The van der Waals surface area contributed by atoms with Crippen LogP contribution in [0.5, 0.6) is 5.75 Å². The first-order valence-corrected chi connectivity index (χ1v) is 11.9. The highest BCUT2D eigenvalue weighted by atomic mass is 35.5. The van der Waals surface area contributed by atoms with E-state index in [1.165, 1.54) is 0 Å². The maximum atomic E-state index is 13.4. The van der Waals surface area contributed by atoms with Crippen molar-refractivity contribution < 1.29 is 9.53 Å². The van der Waals surface area contributed by atoms with Gasteiger partial charge in [-0.1, -0.05) is 67.9 Å². The third-order valence-electron chi connectivity index (χ3n) is 5.84. The maximum Gasteiger partial charge on any atom is 0.261 e. The van der Waals surface area contributed by atoms with Crippen molar-refractivity contribution in [2.45, 2.75) is 39.8 Å². The summed E-state index contributed by atoms with van der Waals surface area (Å²) in [5.41, 5.74) is 3.16. The highest BCUT2D eigenvalue weighted by Gasteiger charge is 2.19. The summed E-state index contributed by atoms with van der Waals surface area (Å²) in [6, 6.07) is 20.6. The van der Waals surface area contributed by atoms with E-state index in [-0.39, 0.29) is 30.5 Å². The Kier molecular flexibility index (Phi) is 7.51. The van der Waals surface area contributed by atoms with Crippen LogP contribution < -0.4 is 10.3 Å². The number of nitrogens with one attached hydrogen (secondary N) is 1. The number of para-hydroxylation sites is 1. The van der Waals surface area contributed by atoms with E-state index >= 15 is 0 Å². The lowest BCUT2D eigenvalue weighted by Gasteiger charge is -2.23. The average molecular weight is 490 g/mol. The van der Waals surface area contributed by atoms with Gasteiger partial charge in [0.1, 0.15) is 11.6 Å². The van der Waals surface area contributed by atoms with Gasteiger partial charge in [0.05, 0.1) is 17.4 Å². The summed E-state index contributed by atoms with van der Waals surface area (Å²) in [4.78, 5) is 34.9. The molecule has 0 aliphatic rings. The number of hydrogen-bond donors (Lipinski definition) is 1. The predicted octanol–water partition coefficient (Wildman–Crippen LogP) is 5.62. The molecule has 0 saturated carbocycles. The molecule has 1 heterocycles. The summed E-state index contributed by atoms with van der Waals surface area (Å²) in [7, 11) is 0. The summed E-state index contributed by atoms with van der Waals surface area (Å²) >= 11 is 6.31. The molecule has 0 bridgehead atoms. The summed E-state index contributed by atoms with van der Waals surface area (Å²) in [6.07, 6.45) is 0. The number of hydrogen-bond acceptors (Lipinski definition) is 4. The van der Waals surface area contributed by atoms with Crippen molar-refractivity contribution in [1.29, 1.82) is 0 Å². The second kappa shape index (κ2) is 10.7. The Balaban J connectivity index is 1.59. The van der Waals surface area contributed by atoms with Crippen LogP contribution in [0, 0.1) is 6.92 Å². The molecule has 6 nitrogen and oxygen atoms in total. The van der Waals surface area contributed by atoms with Crippen LogP contribution in [0.15, 0.2) is 71.5 Å². The molecular formula is C28H28ClN3O3. The number of aryl methyl sites for hydroxylation is 1. The third kappa shape index (κ3) is 5.89. The number of carbonyl (C=O) groups excluding carboxylic acids is 1. The van der Waals surface area contributed by atoms with Gasteiger partial charge < -0.3 is 14.6 Å². The summed E-state index contributed by atoms with van der Waals surface area (Å²) in [5.74, 6) is 1.04. The predicted molar refractivity (Wildman–Crippen MR) is 139 cm³/mol. The molecule has 0 saturated heterocycles. The van der Waals surface area contributed by atoms with E-state index in [2.05, 4.69) is 23.8 Å². The van der Waals surface area contributed by atoms with Gasteiger partial charge in [-0.05, 0) is 53.8 Å². The zero-order valence-electron chi connectivity index (χ0n) is 20.0. The van der Waals surface area contributed by atoms with E-state index < -0.39 is 0 Å². The molecule has 4 aromatic rings. The molecule has 0 spiro atoms. The van der Waals surface area contributed by atoms with E-state index in [1.54, 1.807) is 23.1 Å². The maximum absolute atomic E-state index is 13.4. The Labute approximate surface area is 209 Å². The minimum atomic E-state index is -0.229. The van der Waals surface area contributed by atoms with Gasteiger partial charge in [0, 0.05) is 11.6 Å². The van der Waals surface area contributed by atoms with Gasteiger partial charge in [-0.3, -0.25) is 9.59 Å². The van der Waals surface area contributed by atoms with Crippen molar-refractivity contribution in [1.82, 2.24) is 14.9 Å². The van der Waals surface area contributed by atoms with Crippen LogP contribution in [0.2, 0.25) is 5.02 Å². The van der Waals surface area contributed by atoms with Crippen molar-refractivity contribution in [3.8, 4) is 5.75 Å². The Bertz CT molecular complexity index is 1400. The molecule has 1 N–H and O–H groups in total. The van der Waals surface area contributed by atoms with Crippen molar-refractivity contribution in [3.05, 3.63) is 105 Å². The molecule has 7 heteroatoms.